The van der Waals surface area contributed by atoms with Crippen molar-refractivity contribution in [3.8, 4) is 33.4 Å². The number of fused-ring (bicyclic) bond motifs is 9. The van der Waals surface area contributed by atoms with Gasteiger partial charge < -0.3 is 8.83 Å². The predicted molar refractivity (Wildman–Crippen MR) is 210 cm³/mol. The largest absolute Gasteiger partial charge is 0.456 e. The SMILES string of the molecule is c1ccc2cc(-c3c4ccccc4c(-c4cc(-c5cccc6c5oc5ccccc56)cc5oc6ccccc6c45)c4ccccc34)ccc2c1. The van der Waals surface area contributed by atoms with Gasteiger partial charge in [-0.05, 0) is 90.5 Å². The van der Waals surface area contributed by atoms with Crippen LogP contribution in [0.3, 0.4) is 0 Å². The molecule has 2 nitrogen and oxygen atoms in total. The minimum Gasteiger partial charge on any atom is -0.456 e. The van der Waals surface area contributed by atoms with Crippen LogP contribution in [0.25, 0.3) is 110 Å². The van der Waals surface area contributed by atoms with Crippen LogP contribution in [0.5, 0.6) is 0 Å². The van der Waals surface area contributed by atoms with Crippen molar-refractivity contribution in [1.29, 1.82) is 0 Å². The van der Waals surface area contributed by atoms with Gasteiger partial charge in [0.15, 0.2) is 0 Å². The Morgan fingerprint density at radius 3 is 1.62 bits per heavy atom. The molecule has 0 N–H and O–H groups in total. The highest BCUT2D eigenvalue weighted by atomic mass is 16.3. The van der Waals surface area contributed by atoms with Crippen molar-refractivity contribution < 1.29 is 8.83 Å². The van der Waals surface area contributed by atoms with Gasteiger partial charge in [0.1, 0.15) is 22.3 Å². The Morgan fingerprint density at radius 2 is 0.880 bits per heavy atom. The molecule has 0 bridgehead atoms. The van der Waals surface area contributed by atoms with Crippen LogP contribution >= 0.6 is 0 Å². The van der Waals surface area contributed by atoms with Crippen LogP contribution in [0.2, 0.25) is 0 Å². The van der Waals surface area contributed by atoms with Crippen LogP contribution in [0.4, 0.5) is 0 Å². The van der Waals surface area contributed by atoms with E-state index in [9.17, 15) is 0 Å². The summed E-state index contributed by atoms with van der Waals surface area (Å²) in [7, 11) is 0. The van der Waals surface area contributed by atoms with Gasteiger partial charge in [-0.15, -0.1) is 0 Å². The maximum absolute atomic E-state index is 6.68. The molecule has 11 aromatic rings. The van der Waals surface area contributed by atoms with Crippen LogP contribution in [0.15, 0.2) is 179 Å². The molecule has 11 rings (SSSR count). The summed E-state index contributed by atoms with van der Waals surface area (Å²) in [6, 6.07) is 60.9. The van der Waals surface area contributed by atoms with Gasteiger partial charge in [-0.2, -0.15) is 0 Å². The van der Waals surface area contributed by atoms with Gasteiger partial charge >= 0.3 is 0 Å². The molecule has 0 aliphatic carbocycles. The first kappa shape index (κ1) is 27.3. The Morgan fingerprint density at radius 1 is 0.300 bits per heavy atom. The lowest BCUT2D eigenvalue weighted by molar-refractivity contribution is 0.668. The van der Waals surface area contributed by atoms with Crippen LogP contribution in [-0.4, -0.2) is 0 Å². The fraction of sp³-hybridized carbons (Fsp3) is 0. The fourth-order valence-electron chi connectivity index (χ4n) is 8.26. The summed E-state index contributed by atoms with van der Waals surface area (Å²) in [4.78, 5) is 0. The zero-order valence-corrected chi connectivity index (χ0v) is 27.0. The molecule has 0 unspecified atom stereocenters. The van der Waals surface area contributed by atoms with E-state index in [0.717, 1.165) is 60.6 Å². The predicted octanol–water partition coefficient (Wildman–Crippen LogP) is 13.9. The first-order valence-electron chi connectivity index (χ1n) is 17.1. The monoisotopic (exact) mass is 636 g/mol. The molecular formula is C48H28O2. The van der Waals surface area contributed by atoms with Gasteiger partial charge in [0.25, 0.3) is 0 Å². The first-order chi connectivity index (χ1) is 24.8. The van der Waals surface area contributed by atoms with Gasteiger partial charge in [-0.25, -0.2) is 0 Å². The average molecular weight is 637 g/mol. The van der Waals surface area contributed by atoms with Crippen molar-refractivity contribution in [2.24, 2.45) is 0 Å². The molecule has 0 saturated carbocycles. The van der Waals surface area contributed by atoms with Gasteiger partial charge in [0.05, 0.1) is 0 Å². The van der Waals surface area contributed by atoms with Gasteiger partial charge in [0.2, 0.25) is 0 Å². The average Bonchev–Trinajstić information content (AvgIpc) is 3.75. The van der Waals surface area contributed by atoms with Crippen LogP contribution in [0, 0.1) is 0 Å². The zero-order chi connectivity index (χ0) is 32.8. The minimum absolute atomic E-state index is 0.860. The minimum atomic E-state index is 0.860. The molecule has 0 aliphatic rings. The van der Waals surface area contributed by atoms with Crippen molar-refractivity contribution in [3.63, 3.8) is 0 Å². The standard InChI is InChI=1S/C48H28O2/c1-2-13-30-26-31(25-24-29(30)12-1)45-35-15-3-5-17-37(35)46(38-18-6-4-16-36(38)45)41-27-32(28-44-47(41)40-19-8-10-23-43(40)49-44)33-20-11-21-39-34-14-7-9-22-42(34)50-48(33)39/h1-28H. The van der Waals surface area contributed by atoms with Crippen LogP contribution in [-0.2, 0) is 0 Å². The van der Waals surface area contributed by atoms with E-state index in [1.165, 1.54) is 49.0 Å². The van der Waals surface area contributed by atoms with E-state index in [-0.39, 0.29) is 0 Å². The molecule has 0 spiro atoms. The summed E-state index contributed by atoms with van der Waals surface area (Å²) in [5.41, 5.74) is 10.4. The molecule has 0 fully saturated rings. The second-order valence-corrected chi connectivity index (χ2v) is 13.2. The number of para-hydroxylation sites is 3. The van der Waals surface area contributed by atoms with Crippen molar-refractivity contribution in [3.05, 3.63) is 170 Å². The second-order valence-electron chi connectivity index (χ2n) is 13.2. The normalized spacial score (nSPS) is 12.0. The highest BCUT2D eigenvalue weighted by Gasteiger charge is 2.22. The quantitative estimate of drug-likeness (QED) is 0.180. The van der Waals surface area contributed by atoms with E-state index in [2.05, 4.69) is 152 Å². The number of rotatable bonds is 3. The first-order valence-corrected chi connectivity index (χ1v) is 17.1. The Hall–Kier alpha value is -6.64. The van der Waals surface area contributed by atoms with Crippen molar-refractivity contribution in [2.75, 3.05) is 0 Å². The van der Waals surface area contributed by atoms with Crippen molar-refractivity contribution in [2.45, 2.75) is 0 Å². The zero-order valence-electron chi connectivity index (χ0n) is 27.0. The second kappa shape index (κ2) is 10.4. The van der Waals surface area contributed by atoms with E-state index >= 15 is 0 Å². The summed E-state index contributed by atoms with van der Waals surface area (Å²) >= 11 is 0. The van der Waals surface area contributed by atoms with Crippen LogP contribution in [0.1, 0.15) is 0 Å². The molecule has 232 valence electrons. The molecule has 50 heavy (non-hydrogen) atoms. The number of hydrogen-bond acceptors (Lipinski definition) is 2. The maximum atomic E-state index is 6.68. The Kier molecular flexibility index (Phi) is 5.70. The van der Waals surface area contributed by atoms with Crippen LogP contribution < -0.4 is 0 Å². The molecule has 0 amide bonds. The third-order valence-electron chi connectivity index (χ3n) is 10.4. The Balaban J connectivity index is 1.28. The highest BCUT2D eigenvalue weighted by Crippen LogP contribution is 2.49. The molecule has 9 aromatic carbocycles. The summed E-state index contributed by atoms with van der Waals surface area (Å²) in [5.74, 6) is 0. The molecule has 0 radical (unpaired) electrons. The van der Waals surface area contributed by atoms with Gasteiger partial charge in [-0.1, -0.05) is 140 Å². The maximum Gasteiger partial charge on any atom is 0.143 e. The van der Waals surface area contributed by atoms with Crippen molar-refractivity contribution in [1.82, 2.24) is 0 Å². The summed E-state index contributed by atoms with van der Waals surface area (Å²) in [6.07, 6.45) is 0. The van der Waals surface area contributed by atoms with E-state index in [1.54, 1.807) is 0 Å². The molecule has 2 heterocycles. The van der Waals surface area contributed by atoms with E-state index in [1.807, 2.05) is 18.2 Å². The summed E-state index contributed by atoms with van der Waals surface area (Å²) in [6.45, 7) is 0. The summed E-state index contributed by atoms with van der Waals surface area (Å²) in [5, 5.41) is 11.8. The lowest BCUT2D eigenvalue weighted by Crippen LogP contribution is -1.92. The van der Waals surface area contributed by atoms with E-state index in [0.29, 0.717) is 0 Å². The van der Waals surface area contributed by atoms with E-state index in [4.69, 9.17) is 8.83 Å². The third-order valence-corrected chi connectivity index (χ3v) is 10.4. The van der Waals surface area contributed by atoms with Crippen molar-refractivity contribution >= 4 is 76.2 Å². The van der Waals surface area contributed by atoms with Gasteiger partial charge in [0, 0.05) is 27.1 Å². The highest BCUT2D eigenvalue weighted by molar-refractivity contribution is 6.26. The molecule has 2 heteroatoms. The summed E-state index contributed by atoms with van der Waals surface area (Å²) < 4.78 is 13.2. The molecule has 2 aromatic heterocycles. The van der Waals surface area contributed by atoms with E-state index < -0.39 is 0 Å². The fourth-order valence-corrected chi connectivity index (χ4v) is 8.26. The number of hydrogen-bond donors (Lipinski definition) is 0. The molecule has 0 saturated heterocycles. The molecule has 0 atom stereocenters. The Labute approximate surface area is 287 Å². The molecule has 0 aliphatic heterocycles. The number of furan rings is 2. The lowest BCUT2D eigenvalue weighted by atomic mass is 9.84. The Bertz CT molecular complexity index is 3100. The smallest absolute Gasteiger partial charge is 0.143 e. The molecular weight excluding hydrogens is 609 g/mol. The third kappa shape index (κ3) is 3.90. The van der Waals surface area contributed by atoms with Gasteiger partial charge in [-0.3, -0.25) is 0 Å². The lowest BCUT2D eigenvalue weighted by Gasteiger charge is -2.19. The number of benzene rings is 9. The topological polar surface area (TPSA) is 26.3 Å².